The zero-order valence-corrected chi connectivity index (χ0v) is 27.8. The van der Waals surface area contributed by atoms with Gasteiger partial charge in [0.05, 0.1) is 36.6 Å². The zero-order valence-electron chi connectivity index (χ0n) is 27.8. The second-order valence-corrected chi connectivity index (χ2v) is 8.58. The summed E-state index contributed by atoms with van der Waals surface area (Å²) in [6.07, 6.45) is 4.17. The topological polar surface area (TPSA) is 231 Å². The first-order valence-corrected chi connectivity index (χ1v) is 14.0. The molecular weight excluding hydrogens is 664 g/mol. The summed E-state index contributed by atoms with van der Waals surface area (Å²) in [5, 5.41) is 38.0. The Balaban J connectivity index is 0. The lowest BCUT2D eigenvalue weighted by Crippen LogP contribution is -1.95. The maximum absolute atomic E-state index is 9.25. The number of rotatable bonds is 9. The van der Waals surface area contributed by atoms with Crippen LogP contribution in [0.15, 0.2) is 136 Å². The number of para-hydroxylation sites is 2. The number of benzene rings is 3. The van der Waals surface area contributed by atoms with Gasteiger partial charge in [0.15, 0.2) is 0 Å². The number of carboxylic acid groups (broad SMARTS) is 5. The van der Waals surface area contributed by atoms with Crippen LogP contribution < -0.4 is 9.47 Å². The number of carboxylic acids is 5. The molecule has 14 nitrogen and oxygen atoms in total. The Kier molecular flexibility index (Phi) is 24.0. The summed E-state index contributed by atoms with van der Waals surface area (Å²) in [6.45, 7) is 14.8. The maximum Gasteiger partial charge on any atom is 0.327 e. The summed E-state index contributed by atoms with van der Waals surface area (Å²) in [5.74, 6) is -3.28. The molecule has 0 spiro atoms. The highest BCUT2D eigenvalue weighted by atomic mass is 16.5. The summed E-state index contributed by atoms with van der Waals surface area (Å²) in [5.41, 5.74) is 5.42. The largest absolute Gasteiger partial charge is 0.497 e. The summed E-state index contributed by atoms with van der Waals surface area (Å²) in [7, 11) is 3.32. The van der Waals surface area contributed by atoms with Gasteiger partial charge in [0.25, 0.3) is 0 Å². The molecule has 4 rings (SSSR count). The highest BCUT2D eigenvalue weighted by Gasteiger charge is 2.13. The van der Waals surface area contributed by atoms with Gasteiger partial charge >= 0.3 is 29.8 Å². The molecule has 0 atom stereocenters. The lowest BCUT2D eigenvalue weighted by Gasteiger charge is -2.11. The fourth-order valence-corrected chi connectivity index (χ4v) is 2.90. The lowest BCUT2D eigenvalue weighted by molar-refractivity contribution is -0.132. The highest BCUT2D eigenvalue weighted by molar-refractivity contribution is 5.86. The highest BCUT2D eigenvalue weighted by Crippen LogP contribution is 2.32. The fourth-order valence-electron chi connectivity index (χ4n) is 2.90. The predicted octanol–water partition coefficient (Wildman–Crippen LogP) is 6.27. The molecule has 14 heteroatoms. The van der Waals surface area contributed by atoms with E-state index in [0.29, 0.717) is 0 Å². The van der Waals surface area contributed by atoms with Crippen LogP contribution in [-0.2, 0) is 24.0 Å². The van der Waals surface area contributed by atoms with Gasteiger partial charge in [-0.15, -0.1) is 0 Å². The van der Waals surface area contributed by atoms with Crippen LogP contribution in [0.1, 0.15) is 0 Å². The maximum atomic E-state index is 9.25. The number of hydrogen-bond donors (Lipinski definition) is 5. The van der Waals surface area contributed by atoms with Crippen molar-refractivity contribution in [1.82, 2.24) is 9.97 Å². The molecule has 0 fully saturated rings. The van der Waals surface area contributed by atoms with E-state index in [-0.39, 0.29) is 0 Å². The normalized spacial score (nSPS) is 8.59. The monoisotopic (exact) mass is 702 g/mol. The minimum absolute atomic E-state index is 0.813. The number of hydrogen-bond acceptors (Lipinski definition) is 9. The first kappa shape index (κ1) is 45.8. The number of ether oxygens (including phenoxy) is 2. The van der Waals surface area contributed by atoms with Crippen LogP contribution in [0.3, 0.4) is 0 Å². The Labute approximate surface area is 293 Å². The van der Waals surface area contributed by atoms with Crippen molar-refractivity contribution in [2.45, 2.75) is 0 Å². The van der Waals surface area contributed by atoms with Gasteiger partial charge in [-0.1, -0.05) is 45.0 Å². The Morgan fingerprint density at radius 2 is 0.686 bits per heavy atom. The van der Waals surface area contributed by atoms with Crippen LogP contribution >= 0.6 is 0 Å². The number of nitrogens with zero attached hydrogens (tertiary/aromatic N) is 2. The minimum Gasteiger partial charge on any atom is -0.497 e. The molecule has 0 amide bonds. The van der Waals surface area contributed by atoms with E-state index in [0.717, 1.165) is 75.4 Å². The van der Waals surface area contributed by atoms with Crippen LogP contribution in [0.5, 0.6) is 11.5 Å². The predicted molar refractivity (Wildman–Crippen MR) is 193 cm³/mol. The molecule has 268 valence electrons. The van der Waals surface area contributed by atoms with Crippen LogP contribution in [0.25, 0.3) is 33.5 Å². The summed E-state index contributed by atoms with van der Waals surface area (Å²) >= 11 is 0. The first-order chi connectivity index (χ1) is 24.1. The molecule has 1 aromatic heterocycles. The average molecular weight is 703 g/mol. The minimum atomic E-state index is -0.981. The third-order valence-electron chi connectivity index (χ3n) is 5.17. The Bertz CT molecular complexity index is 1590. The molecule has 0 aliphatic carbocycles. The number of fused-ring (bicyclic) bond motifs is 1. The van der Waals surface area contributed by atoms with Gasteiger partial charge < -0.3 is 35.0 Å². The van der Waals surface area contributed by atoms with Crippen molar-refractivity contribution < 1.29 is 59.0 Å². The number of carbonyl (C=O) groups is 5. The van der Waals surface area contributed by atoms with E-state index >= 15 is 0 Å². The van der Waals surface area contributed by atoms with Gasteiger partial charge in [-0.25, -0.2) is 33.9 Å². The third-order valence-corrected chi connectivity index (χ3v) is 5.17. The average Bonchev–Trinajstić information content (AvgIpc) is 3.15. The molecule has 0 unspecified atom stereocenters. The smallest absolute Gasteiger partial charge is 0.327 e. The molecular formula is C37H38N2O12. The number of aromatic nitrogens is 2. The molecule has 0 bridgehead atoms. The molecule has 0 aliphatic rings. The molecule has 5 N–H and O–H groups in total. The Hall–Kier alpha value is -7.35. The second-order valence-electron chi connectivity index (χ2n) is 8.58. The Morgan fingerprint density at radius 1 is 0.471 bits per heavy atom. The molecule has 0 radical (unpaired) electrons. The van der Waals surface area contributed by atoms with E-state index in [4.69, 9.17) is 45.0 Å². The molecule has 1 heterocycles. The second kappa shape index (κ2) is 26.7. The van der Waals surface area contributed by atoms with Crippen LogP contribution in [0, 0.1) is 0 Å². The van der Waals surface area contributed by atoms with E-state index < -0.39 is 29.8 Å². The summed E-state index contributed by atoms with van der Waals surface area (Å²) in [6, 6.07) is 23.7. The van der Waals surface area contributed by atoms with Gasteiger partial charge in [0, 0.05) is 41.5 Å². The number of methoxy groups -OCH3 is 2. The molecule has 51 heavy (non-hydrogen) atoms. The van der Waals surface area contributed by atoms with Crippen molar-refractivity contribution >= 4 is 40.9 Å². The zero-order chi connectivity index (χ0) is 39.4. The first-order valence-electron chi connectivity index (χ1n) is 14.0. The van der Waals surface area contributed by atoms with E-state index in [9.17, 15) is 24.0 Å². The van der Waals surface area contributed by atoms with Crippen molar-refractivity contribution in [3.63, 3.8) is 0 Å². The van der Waals surface area contributed by atoms with Gasteiger partial charge in [0.2, 0.25) is 0 Å². The Morgan fingerprint density at radius 3 is 0.863 bits per heavy atom. The summed E-state index contributed by atoms with van der Waals surface area (Å²) < 4.78 is 10.5. The molecule has 3 aromatic carbocycles. The summed E-state index contributed by atoms with van der Waals surface area (Å²) in [4.78, 5) is 56.0. The molecule has 0 saturated carbocycles. The molecule has 4 aromatic rings. The standard InChI is InChI=1S/C22H18N2O2.5C3H4O2/c1-25-17-11-7-15(8-12-17)21-22(16-9-13-18(26-2)14-10-16)24-20-6-4-3-5-19(20)23-21;5*1-2-3(4)5/h3-14H,1-2H3;5*2H,1H2,(H,4,5). The quantitative estimate of drug-likeness (QED) is 0.121. The van der Waals surface area contributed by atoms with Crippen molar-refractivity contribution in [2.75, 3.05) is 14.2 Å². The molecule has 0 aliphatic heterocycles. The van der Waals surface area contributed by atoms with Crippen LogP contribution in [0.4, 0.5) is 0 Å². The molecule has 0 saturated heterocycles. The van der Waals surface area contributed by atoms with E-state index in [1.54, 1.807) is 14.2 Å². The van der Waals surface area contributed by atoms with Gasteiger partial charge in [0.1, 0.15) is 11.5 Å². The van der Waals surface area contributed by atoms with Crippen molar-refractivity contribution in [3.8, 4) is 34.0 Å². The van der Waals surface area contributed by atoms with Gasteiger partial charge in [-0.3, -0.25) is 0 Å². The van der Waals surface area contributed by atoms with Crippen LogP contribution in [0.2, 0.25) is 0 Å². The fraction of sp³-hybridized carbons (Fsp3) is 0.0541. The lowest BCUT2D eigenvalue weighted by atomic mass is 10.0. The van der Waals surface area contributed by atoms with Crippen molar-refractivity contribution in [2.24, 2.45) is 0 Å². The van der Waals surface area contributed by atoms with Crippen LogP contribution in [-0.4, -0.2) is 79.6 Å². The third kappa shape index (κ3) is 21.2. The van der Waals surface area contributed by atoms with E-state index in [1.165, 1.54) is 0 Å². The van der Waals surface area contributed by atoms with Crippen molar-refractivity contribution in [3.05, 3.63) is 136 Å². The van der Waals surface area contributed by atoms with Gasteiger partial charge in [-0.2, -0.15) is 0 Å². The van der Waals surface area contributed by atoms with E-state index in [1.807, 2.05) is 72.8 Å². The van der Waals surface area contributed by atoms with E-state index in [2.05, 4.69) is 32.9 Å². The number of aliphatic carboxylic acids is 5. The van der Waals surface area contributed by atoms with Gasteiger partial charge in [-0.05, 0) is 60.7 Å². The van der Waals surface area contributed by atoms with Crippen molar-refractivity contribution in [1.29, 1.82) is 0 Å². The SMILES string of the molecule is C=CC(=O)O.C=CC(=O)O.C=CC(=O)O.C=CC(=O)O.C=CC(=O)O.COc1ccc(-c2nc3ccccc3nc2-c2ccc(OC)cc2)cc1.